The van der Waals surface area contributed by atoms with E-state index in [0.29, 0.717) is 58.4 Å². The predicted octanol–water partition coefficient (Wildman–Crippen LogP) is 5.21. The molecule has 0 bridgehead atoms. The Morgan fingerprint density at radius 3 is 2.53 bits per heavy atom. The normalized spacial score (nSPS) is 13.1. The van der Waals surface area contributed by atoms with E-state index in [1.54, 1.807) is 6.07 Å². The Balaban J connectivity index is 1.39. The van der Waals surface area contributed by atoms with E-state index in [-0.39, 0.29) is 5.91 Å². The smallest absolute Gasteiger partial charge is 0.301 e. The Morgan fingerprint density at radius 1 is 1.06 bits per heavy atom. The van der Waals surface area contributed by atoms with Gasteiger partial charge in [0.05, 0.1) is 21.8 Å². The molecule has 174 valence electrons. The molecular weight excluding hydrogens is 456 g/mol. The lowest BCUT2D eigenvalue weighted by molar-refractivity contribution is -0.120. The maximum Gasteiger partial charge on any atom is 0.301 e. The second-order valence-electron chi connectivity index (χ2n) is 8.52. The number of hydrogen-bond donors (Lipinski definition) is 2. The molecule has 34 heavy (non-hydrogen) atoms. The fourth-order valence-electron chi connectivity index (χ4n) is 3.90. The summed E-state index contributed by atoms with van der Waals surface area (Å²) in [5, 5.41) is 3.41. The Bertz CT molecular complexity index is 1380. The van der Waals surface area contributed by atoms with Gasteiger partial charge in [-0.05, 0) is 55.8 Å². The summed E-state index contributed by atoms with van der Waals surface area (Å²) < 4.78 is 17.2. The number of halogens is 1. The molecule has 2 N–H and O–H groups in total. The standard InChI is InChI=1S/C25H23ClN4O4/c1-14(31)30-25(2,3)16-5-7-17(8-6-16)34-24-27-19-13-18(26)22(28-23(19)29-24)15-4-9-20-21(12-15)33-11-10-32-20/h4-9,12-13H,10-11H2,1-3H3,(H,30,31)(H,27,28,29). The van der Waals surface area contributed by atoms with Gasteiger partial charge >= 0.3 is 6.01 Å². The van der Waals surface area contributed by atoms with Crippen molar-refractivity contribution in [3.05, 3.63) is 59.1 Å². The lowest BCUT2D eigenvalue weighted by Crippen LogP contribution is -2.39. The van der Waals surface area contributed by atoms with E-state index in [9.17, 15) is 4.79 Å². The minimum absolute atomic E-state index is 0.0885. The monoisotopic (exact) mass is 478 g/mol. The van der Waals surface area contributed by atoms with Gasteiger partial charge in [0.25, 0.3) is 0 Å². The molecule has 1 amide bonds. The van der Waals surface area contributed by atoms with Gasteiger partial charge in [-0.1, -0.05) is 23.7 Å². The van der Waals surface area contributed by atoms with Crippen LogP contribution in [0.5, 0.6) is 23.3 Å². The Hall–Kier alpha value is -3.78. The van der Waals surface area contributed by atoms with Crippen LogP contribution < -0.4 is 19.5 Å². The van der Waals surface area contributed by atoms with Crippen LogP contribution in [-0.4, -0.2) is 34.1 Å². The van der Waals surface area contributed by atoms with E-state index in [1.807, 2.05) is 56.3 Å². The lowest BCUT2D eigenvalue weighted by atomic mass is 9.94. The van der Waals surface area contributed by atoms with Gasteiger partial charge < -0.3 is 24.5 Å². The minimum Gasteiger partial charge on any atom is -0.486 e. The summed E-state index contributed by atoms with van der Waals surface area (Å²) in [6, 6.07) is 15.1. The molecule has 0 unspecified atom stereocenters. The first-order valence-electron chi connectivity index (χ1n) is 10.8. The molecule has 0 spiro atoms. The van der Waals surface area contributed by atoms with Crippen molar-refractivity contribution in [1.82, 2.24) is 20.3 Å². The summed E-state index contributed by atoms with van der Waals surface area (Å²) in [5.41, 5.74) is 3.00. The van der Waals surface area contributed by atoms with Crippen LogP contribution in [0.15, 0.2) is 48.5 Å². The Morgan fingerprint density at radius 2 is 1.79 bits per heavy atom. The number of rotatable bonds is 5. The van der Waals surface area contributed by atoms with Crippen LogP contribution in [0.2, 0.25) is 5.02 Å². The van der Waals surface area contributed by atoms with E-state index in [0.717, 1.165) is 11.1 Å². The fourth-order valence-corrected chi connectivity index (χ4v) is 4.16. The number of pyridine rings is 1. The lowest BCUT2D eigenvalue weighted by Gasteiger charge is -2.26. The van der Waals surface area contributed by atoms with Gasteiger partial charge in [0.1, 0.15) is 19.0 Å². The summed E-state index contributed by atoms with van der Waals surface area (Å²) in [6.45, 7) is 6.42. The Labute approximate surface area is 201 Å². The molecule has 2 aromatic heterocycles. The van der Waals surface area contributed by atoms with Gasteiger partial charge in [-0.2, -0.15) is 4.98 Å². The van der Waals surface area contributed by atoms with Gasteiger partial charge in [-0.3, -0.25) is 4.79 Å². The van der Waals surface area contributed by atoms with Crippen molar-refractivity contribution >= 4 is 28.7 Å². The van der Waals surface area contributed by atoms with E-state index >= 15 is 0 Å². The maximum absolute atomic E-state index is 11.5. The van der Waals surface area contributed by atoms with Crippen molar-refractivity contribution in [1.29, 1.82) is 0 Å². The topological polar surface area (TPSA) is 98.4 Å². The van der Waals surface area contributed by atoms with Crippen molar-refractivity contribution in [3.8, 4) is 34.5 Å². The number of aromatic nitrogens is 3. The average molecular weight is 479 g/mol. The van der Waals surface area contributed by atoms with Crippen LogP contribution in [0.25, 0.3) is 22.4 Å². The van der Waals surface area contributed by atoms with Crippen LogP contribution in [0.1, 0.15) is 26.3 Å². The number of H-pyrrole nitrogens is 1. The molecule has 3 heterocycles. The second kappa shape index (κ2) is 8.53. The van der Waals surface area contributed by atoms with Gasteiger partial charge in [-0.15, -0.1) is 0 Å². The van der Waals surface area contributed by atoms with Gasteiger partial charge in [0.2, 0.25) is 5.91 Å². The fraction of sp³-hybridized carbons (Fsp3) is 0.240. The van der Waals surface area contributed by atoms with E-state index in [4.69, 9.17) is 25.8 Å². The third-order valence-corrected chi connectivity index (χ3v) is 5.79. The summed E-state index contributed by atoms with van der Waals surface area (Å²) in [5.74, 6) is 1.88. The largest absolute Gasteiger partial charge is 0.486 e. The summed E-state index contributed by atoms with van der Waals surface area (Å²) in [6.07, 6.45) is 0. The van der Waals surface area contributed by atoms with Gasteiger partial charge in [0, 0.05) is 12.5 Å². The first-order valence-corrected chi connectivity index (χ1v) is 11.2. The molecule has 1 aliphatic heterocycles. The highest BCUT2D eigenvalue weighted by molar-refractivity contribution is 6.33. The zero-order valence-electron chi connectivity index (χ0n) is 18.9. The minimum atomic E-state index is -0.491. The number of nitrogens with one attached hydrogen (secondary N) is 2. The molecule has 4 aromatic rings. The molecule has 0 aliphatic carbocycles. The van der Waals surface area contributed by atoms with Crippen LogP contribution >= 0.6 is 11.6 Å². The summed E-state index contributed by atoms with van der Waals surface area (Å²) in [7, 11) is 0. The van der Waals surface area contributed by atoms with Crippen LogP contribution in [0.3, 0.4) is 0 Å². The third-order valence-electron chi connectivity index (χ3n) is 5.50. The van der Waals surface area contributed by atoms with Crippen molar-refractivity contribution in [2.24, 2.45) is 0 Å². The second-order valence-corrected chi connectivity index (χ2v) is 8.93. The molecule has 1 aliphatic rings. The first-order chi connectivity index (χ1) is 16.3. The van der Waals surface area contributed by atoms with Crippen LogP contribution in [0, 0.1) is 0 Å². The highest BCUT2D eigenvalue weighted by Gasteiger charge is 2.21. The Kier molecular flexibility index (Phi) is 5.53. The van der Waals surface area contributed by atoms with E-state index in [2.05, 4.69) is 20.3 Å². The number of ether oxygens (including phenoxy) is 3. The first kappa shape index (κ1) is 22.0. The number of aromatic amines is 1. The van der Waals surface area contributed by atoms with Crippen molar-refractivity contribution in [2.75, 3.05) is 13.2 Å². The number of carbonyl (C=O) groups excluding carboxylic acids is 1. The SMILES string of the molecule is CC(=O)NC(C)(C)c1ccc(Oc2nc3nc(-c4ccc5c(c4)OCCO5)c(Cl)cc3[nH]2)cc1. The quantitative estimate of drug-likeness (QED) is 0.408. The van der Waals surface area contributed by atoms with E-state index in [1.165, 1.54) is 6.92 Å². The molecular formula is C25H23ClN4O4. The zero-order chi connectivity index (χ0) is 23.9. The molecule has 9 heteroatoms. The number of nitrogens with zero attached hydrogens (tertiary/aromatic N) is 2. The van der Waals surface area contributed by atoms with Crippen LogP contribution in [-0.2, 0) is 10.3 Å². The summed E-state index contributed by atoms with van der Waals surface area (Å²) >= 11 is 6.53. The predicted molar refractivity (Wildman–Crippen MR) is 129 cm³/mol. The molecule has 0 fully saturated rings. The van der Waals surface area contributed by atoms with E-state index < -0.39 is 5.54 Å². The van der Waals surface area contributed by atoms with Crippen molar-refractivity contribution in [3.63, 3.8) is 0 Å². The highest BCUT2D eigenvalue weighted by Crippen LogP contribution is 2.37. The molecule has 0 radical (unpaired) electrons. The van der Waals surface area contributed by atoms with Crippen molar-refractivity contribution < 1.29 is 19.0 Å². The molecule has 2 aromatic carbocycles. The molecule has 0 saturated heterocycles. The number of amides is 1. The molecule has 8 nitrogen and oxygen atoms in total. The maximum atomic E-state index is 11.5. The average Bonchev–Trinajstić information content (AvgIpc) is 3.18. The number of imidazole rings is 1. The molecule has 5 rings (SSSR count). The number of fused-ring (bicyclic) bond motifs is 2. The number of carbonyl (C=O) groups is 1. The molecule has 0 saturated carbocycles. The number of hydrogen-bond acceptors (Lipinski definition) is 6. The van der Waals surface area contributed by atoms with Crippen LogP contribution in [0.4, 0.5) is 0 Å². The zero-order valence-corrected chi connectivity index (χ0v) is 19.7. The van der Waals surface area contributed by atoms with Gasteiger partial charge in [-0.25, -0.2) is 4.98 Å². The molecule has 0 atom stereocenters. The highest BCUT2D eigenvalue weighted by atomic mass is 35.5. The summed E-state index contributed by atoms with van der Waals surface area (Å²) in [4.78, 5) is 23.7. The number of benzene rings is 2. The van der Waals surface area contributed by atoms with Gasteiger partial charge in [0.15, 0.2) is 17.1 Å². The van der Waals surface area contributed by atoms with Crippen molar-refractivity contribution in [2.45, 2.75) is 26.3 Å². The third kappa shape index (κ3) is 4.36.